The van der Waals surface area contributed by atoms with E-state index >= 15 is 0 Å². The minimum absolute atomic E-state index is 0.477. The average molecular weight is 249 g/mol. The number of ether oxygens (including phenoxy) is 1. The molecule has 0 amide bonds. The first kappa shape index (κ1) is 12.2. The molecule has 0 bridgehead atoms. The number of aromatic nitrogens is 2. The Kier molecular flexibility index (Phi) is 3.39. The third kappa shape index (κ3) is 1.97. The zero-order chi connectivity index (χ0) is 12.4. The Morgan fingerprint density at radius 2 is 2.39 bits per heavy atom. The van der Waals surface area contributed by atoms with Gasteiger partial charge in [0.2, 0.25) is 0 Å². The molecular formula is C14H23N3O. The fourth-order valence-electron chi connectivity index (χ4n) is 3.51. The third-order valence-corrected chi connectivity index (χ3v) is 4.76. The SMILES string of the molecule is CCOC1CC(NCCn2ccnc2)C12CCC2. The van der Waals surface area contributed by atoms with Crippen LogP contribution in [-0.2, 0) is 11.3 Å². The second-order valence-electron chi connectivity index (χ2n) is 5.57. The molecule has 1 heterocycles. The maximum Gasteiger partial charge on any atom is 0.0946 e. The summed E-state index contributed by atoms with van der Waals surface area (Å²) in [5.41, 5.74) is 0.477. The molecule has 1 aromatic heterocycles. The van der Waals surface area contributed by atoms with Gasteiger partial charge < -0.3 is 14.6 Å². The summed E-state index contributed by atoms with van der Waals surface area (Å²) in [7, 11) is 0. The molecule has 2 fully saturated rings. The summed E-state index contributed by atoms with van der Waals surface area (Å²) in [6, 6.07) is 0.673. The fraction of sp³-hybridized carbons (Fsp3) is 0.786. The normalized spacial score (nSPS) is 28.9. The number of nitrogens with one attached hydrogen (secondary N) is 1. The largest absolute Gasteiger partial charge is 0.378 e. The van der Waals surface area contributed by atoms with Crippen LogP contribution < -0.4 is 5.32 Å². The monoisotopic (exact) mass is 249 g/mol. The van der Waals surface area contributed by atoms with E-state index in [1.165, 1.54) is 25.7 Å². The first-order chi connectivity index (χ1) is 8.85. The van der Waals surface area contributed by atoms with E-state index in [2.05, 4.69) is 21.8 Å². The lowest BCUT2D eigenvalue weighted by Crippen LogP contribution is -2.67. The van der Waals surface area contributed by atoms with E-state index in [1.54, 1.807) is 0 Å². The van der Waals surface area contributed by atoms with Gasteiger partial charge >= 0.3 is 0 Å². The number of hydrogen-bond acceptors (Lipinski definition) is 3. The third-order valence-electron chi connectivity index (χ3n) is 4.76. The Hall–Kier alpha value is -0.870. The zero-order valence-electron chi connectivity index (χ0n) is 11.1. The highest BCUT2D eigenvalue weighted by atomic mass is 16.5. The van der Waals surface area contributed by atoms with Gasteiger partial charge in [0.25, 0.3) is 0 Å². The lowest BCUT2D eigenvalue weighted by atomic mass is 9.51. The van der Waals surface area contributed by atoms with Crippen molar-refractivity contribution in [1.82, 2.24) is 14.9 Å². The second kappa shape index (κ2) is 5.02. The summed E-state index contributed by atoms with van der Waals surface area (Å²) in [5.74, 6) is 0. The van der Waals surface area contributed by atoms with Crippen LogP contribution in [0.3, 0.4) is 0 Å². The molecular weight excluding hydrogens is 226 g/mol. The quantitative estimate of drug-likeness (QED) is 0.836. The van der Waals surface area contributed by atoms with Gasteiger partial charge in [0.1, 0.15) is 0 Å². The van der Waals surface area contributed by atoms with Crippen molar-refractivity contribution in [1.29, 1.82) is 0 Å². The molecule has 2 saturated carbocycles. The molecule has 18 heavy (non-hydrogen) atoms. The van der Waals surface area contributed by atoms with Crippen LogP contribution in [0.1, 0.15) is 32.6 Å². The van der Waals surface area contributed by atoms with Crippen molar-refractivity contribution in [3.8, 4) is 0 Å². The van der Waals surface area contributed by atoms with Gasteiger partial charge in [-0.2, -0.15) is 0 Å². The summed E-state index contributed by atoms with van der Waals surface area (Å²) in [5, 5.41) is 3.71. The van der Waals surface area contributed by atoms with Gasteiger partial charge in [-0.3, -0.25) is 0 Å². The van der Waals surface area contributed by atoms with Crippen molar-refractivity contribution in [3.63, 3.8) is 0 Å². The number of imidazole rings is 1. The van der Waals surface area contributed by atoms with Gasteiger partial charge in [0.15, 0.2) is 0 Å². The predicted molar refractivity (Wildman–Crippen MR) is 70.3 cm³/mol. The van der Waals surface area contributed by atoms with Crippen LogP contribution in [0.2, 0.25) is 0 Å². The maximum atomic E-state index is 5.86. The highest BCUT2D eigenvalue weighted by molar-refractivity contribution is 5.12. The van der Waals surface area contributed by atoms with E-state index in [1.807, 2.05) is 18.7 Å². The fourth-order valence-corrected chi connectivity index (χ4v) is 3.51. The van der Waals surface area contributed by atoms with Crippen LogP contribution in [0.25, 0.3) is 0 Å². The van der Waals surface area contributed by atoms with Gasteiger partial charge in [-0.25, -0.2) is 4.98 Å². The summed E-state index contributed by atoms with van der Waals surface area (Å²) in [6.45, 7) is 4.99. The summed E-state index contributed by atoms with van der Waals surface area (Å²) >= 11 is 0. The highest BCUT2D eigenvalue weighted by Crippen LogP contribution is 2.57. The molecule has 2 atom stereocenters. The van der Waals surface area contributed by atoms with Gasteiger partial charge in [0, 0.05) is 43.5 Å². The first-order valence-electron chi connectivity index (χ1n) is 7.16. The predicted octanol–water partition coefficient (Wildman–Crippen LogP) is 1.82. The minimum atomic E-state index is 0.477. The van der Waals surface area contributed by atoms with Crippen molar-refractivity contribution >= 4 is 0 Å². The van der Waals surface area contributed by atoms with Crippen molar-refractivity contribution in [2.45, 2.75) is 51.3 Å². The molecule has 4 heteroatoms. The smallest absolute Gasteiger partial charge is 0.0946 e. The molecule has 0 radical (unpaired) electrons. The van der Waals surface area contributed by atoms with Crippen LogP contribution in [0.15, 0.2) is 18.7 Å². The standard InChI is InChI=1S/C14H23N3O/c1-2-18-13-10-12(14(13)4-3-5-14)16-7-9-17-8-6-15-11-17/h6,8,11-13,16H,2-5,7,9-10H2,1H3. The van der Waals surface area contributed by atoms with Gasteiger partial charge in [-0.1, -0.05) is 6.42 Å². The maximum absolute atomic E-state index is 5.86. The van der Waals surface area contributed by atoms with Crippen molar-refractivity contribution in [2.75, 3.05) is 13.2 Å². The van der Waals surface area contributed by atoms with E-state index in [9.17, 15) is 0 Å². The molecule has 1 aromatic rings. The summed E-state index contributed by atoms with van der Waals surface area (Å²) < 4.78 is 7.99. The molecule has 3 rings (SSSR count). The van der Waals surface area contributed by atoms with E-state index in [-0.39, 0.29) is 0 Å². The topological polar surface area (TPSA) is 39.1 Å². The molecule has 2 aliphatic rings. The van der Waals surface area contributed by atoms with Crippen LogP contribution in [0.5, 0.6) is 0 Å². The number of hydrogen-bond donors (Lipinski definition) is 1. The molecule has 2 unspecified atom stereocenters. The lowest BCUT2D eigenvalue weighted by Gasteiger charge is -2.61. The molecule has 0 aromatic carbocycles. The van der Waals surface area contributed by atoms with Crippen LogP contribution >= 0.6 is 0 Å². The highest BCUT2D eigenvalue weighted by Gasteiger charge is 2.58. The summed E-state index contributed by atoms with van der Waals surface area (Å²) in [6.07, 6.45) is 11.5. The van der Waals surface area contributed by atoms with E-state index in [4.69, 9.17) is 4.74 Å². The van der Waals surface area contributed by atoms with Crippen LogP contribution in [0, 0.1) is 5.41 Å². The Morgan fingerprint density at radius 1 is 1.50 bits per heavy atom. The molecule has 1 spiro atoms. The van der Waals surface area contributed by atoms with Crippen molar-refractivity contribution in [2.24, 2.45) is 5.41 Å². The Balaban J connectivity index is 1.46. The average Bonchev–Trinajstić information content (AvgIpc) is 2.77. The molecule has 4 nitrogen and oxygen atoms in total. The van der Waals surface area contributed by atoms with E-state index in [0.717, 1.165) is 19.7 Å². The lowest BCUT2D eigenvalue weighted by molar-refractivity contribution is -0.172. The van der Waals surface area contributed by atoms with Crippen LogP contribution in [0.4, 0.5) is 0 Å². The molecule has 1 N–H and O–H groups in total. The van der Waals surface area contributed by atoms with E-state index in [0.29, 0.717) is 17.6 Å². The summed E-state index contributed by atoms with van der Waals surface area (Å²) in [4.78, 5) is 4.06. The van der Waals surface area contributed by atoms with Gasteiger partial charge in [-0.05, 0) is 26.2 Å². The number of nitrogens with zero attached hydrogens (tertiary/aromatic N) is 2. The van der Waals surface area contributed by atoms with Gasteiger partial charge in [0.05, 0.1) is 12.4 Å². The Morgan fingerprint density at radius 3 is 3.00 bits per heavy atom. The Labute approximate surface area is 109 Å². The molecule has 100 valence electrons. The molecule has 2 aliphatic carbocycles. The van der Waals surface area contributed by atoms with Crippen LogP contribution in [-0.4, -0.2) is 34.8 Å². The Bertz CT molecular complexity index is 372. The molecule has 0 saturated heterocycles. The van der Waals surface area contributed by atoms with Crippen molar-refractivity contribution < 1.29 is 4.74 Å². The number of rotatable bonds is 6. The second-order valence-corrected chi connectivity index (χ2v) is 5.57. The molecule has 0 aliphatic heterocycles. The van der Waals surface area contributed by atoms with Crippen molar-refractivity contribution in [3.05, 3.63) is 18.7 Å². The minimum Gasteiger partial charge on any atom is -0.378 e. The van der Waals surface area contributed by atoms with E-state index < -0.39 is 0 Å². The van der Waals surface area contributed by atoms with Gasteiger partial charge in [-0.15, -0.1) is 0 Å². The first-order valence-corrected chi connectivity index (χ1v) is 7.16. The zero-order valence-corrected chi connectivity index (χ0v) is 11.1.